The van der Waals surface area contributed by atoms with Gasteiger partial charge in [-0.2, -0.15) is 0 Å². The maximum atomic E-state index is 12.0. The Labute approximate surface area is 124 Å². The molecule has 0 spiro atoms. The molecule has 0 aliphatic heterocycles. The molecule has 116 valence electrons. The number of ketones is 1. The van der Waals surface area contributed by atoms with E-state index in [1.165, 1.54) is 18.2 Å². The summed E-state index contributed by atoms with van der Waals surface area (Å²) in [5.74, 6) is -0.594. The van der Waals surface area contributed by atoms with Crippen molar-refractivity contribution in [1.29, 1.82) is 0 Å². The Morgan fingerprint density at radius 3 is 2.43 bits per heavy atom. The molecule has 0 saturated heterocycles. The van der Waals surface area contributed by atoms with Gasteiger partial charge in [0.2, 0.25) is 5.91 Å². The molecule has 1 aromatic carbocycles. The predicted molar refractivity (Wildman–Crippen MR) is 79.4 cm³/mol. The molecular formula is C15H22N2O4. The topological polar surface area (TPSA) is 89.9 Å². The Morgan fingerprint density at radius 2 is 1.86 bits per heavy atom. The summed E-state index contributed by atoms with van der Waals surface area (Å²) in [6.45, 7) is 4.80. The molecule has 0 fully saturated rings. The van der Waals surface area contributed by atoms with Gasteiger partial charge in [0, 0.05) is 12.1 Å². The maximum absolute atomic E-state index is 12.0. The number of hydrogen-bond donors (Lipinski definition) is 3. The van der Waals surface area contributed by atoms with Gasteiger partial charge in [0.15, 0.2) is 17.3 Å². The van der Waals surface area contributed by atoms with Gasteiger partial charge in [-0.3, -0.25) is 14.5 Å². The van der Waals surface area contributed by atoms with E-state index >= 15 is 0 Å². The Balaban J connectivity index is 2.50. The first-order chi connectivity index (χ1) is 9.79. The van der Waals surface area contributed by atoms with Gasteiger partial charge in [0.05, 0.1) is 13.1 Å². The monoisotopic (exact) mass is 294 g/mol. The fourth-order valence-corrected chi connectivity index (χ4v) is 1.71. The van der Waals surface area contributed by atoms with E-state index in [1.807, 2.05) is 13.8 Å². The van der Waals surface area contributed by atoms with E-state index in [9.17, 15) is 19.8 Å². The molecule has 3 N–H and O–H groups in total. The molecule has 1 aromatic rings. The van der Waals surface area contributed by atoms with Crippen LogP contribution in [0.25, 0.3) is 0 Å². The van der Waals surface area contributed by atoms with Gasteiger partial charge in [-0.05, 0) is 31.2 Å². The van der Waals surface area contributed by atoms with Gasteiger partial charge in [-0.1, -0.05) is 13.8 Å². The second-order valence-corrected chi connectivity index (χ2v) is 5.50. The number of benzene rings is 1. The summed E-state index contributed by atoms with van der Waals surface area (Å²) in [6, 6.07) is 3.91. The fourth-order valence-electron chi connectivity index (χ4n) is 1.71. The minimum absolute atomic E-state index is 0.0549. The van der Waals surface area contributed by atoms with Gasteiger partial charge in [0.25, 0.3) is 0 Å². The summed E-state index contributed by atoms with van der Waals surface area (Å²) in [5, 5.41) is 21.4. The van der Waals surface area contributed by atoms with E-state index in [4.69, 9.17) is 0 Å². The van der Waals surface area contributed by atoms with Crippen LogP contribution in [-0.4, -0.2) is 53.5 Å². The standard InChI is InChI=1S/C15H22N2O4/c1-10(2)7-16-15(21)9-17(3)8-14(20)11-4-5-12(18)13(19)6-11/h4-6,10,18-19H,7-9H2,1-3H3,(H,16,21). The zero-order valence-electron chi connectivity index (χ0n) is 12.6. The smallest absolute Gasteiger partial charge is 0.234 e. The van der Waals surface area contributed by atoms with Crippen LogP contribution in [0.15, 0.2) is 18.2 Å². The molecule has 0 atom stereocenters. The number of amides is 1. The minimum atomic E-state index is -0.335. The van der Waals surface area contributed by atoms with Crippen molar-refractivity contribution in [2.24, 2.45) is 5.92 Å². The molecule has 0 radical (unpaired) electrons. The van der Waals surface area contributed by atoms with Crippen molar-refractivity contribution in [2.75, 3.05) is 26.7 Å². The third-order valence-electron chi connectivity index (χ3n) is 2.83. The zero-order chi connectivity index (χ0) is 16.0. The van der Waals surface area contributed by atoms with Crippen LogP contribution in [0.3, 0.4) is 0 Å². The van der Waals surface area contributed by atoms with Crippen LogP contribution < -0.4 is 5.32 Å². The van der Waals surface area contributed by atoms with E-state index in [0.717, 1.165) is 0 Å². The van der Waals surface area contributed by atoms with Crippen molar-refractivity contribution in [3.05, 3.63) is 23.8 Å². The van der Waals surface area contributed by atoms with Crippen molar-refractivity contribution in [3.63, 3.8) is 0 Å². The number of Topliss-reactive ketones (excluding diaryl/α,β-unsaturated/α-hetero) is 1. The van der Waals surface area contributed by atoms with Gasteiger partial charge in [-0.15, -0.1) is 0 Å². The summed E-state index contributed by atoms with van der Waals surface area (Å²) >= 11 is 0. The number of aromatic hydroxyl groups is 2. The number of carbonyl (C=O) groups excluding carboxylic acids is 2. The molecule has 0 heterocycles. The highest BCUT2D eigenvalue weighted by Gasteiger charge is 2.14. The summed E-state index contributed by atoms with van der Waals surface area (Å²) in [6.07, 6.45) is 0. The lowest BCUT2D eigenvalue weighted by molar-refractivity contribution is -0.121. The van der Waals surface area contributed by atoms with Crippen LogP contribution >= 0.6 is 0 Å². The number of hydrogen-bond acceptors (Lipinski definition) is 5. The SMILES string of the molecule is CC(C)CNC(=O)CN(C)CC(=O)c1ccc(O)c(O)c1. The van der Waals surface area contributed by atoms with Crippen LogP contribution in [0.2, 0.25) is 0 Å². The Kier molecular flexibility index (Phi) is 6.17. The molecule has 0 bridgehead atoms. The highest BCUT2D eigenvalue weighted by molar-refractivity contribution is 5.98. The van der Waals surface area contributed by atoms with Gasteiger partial charge in [-0.25, -0.2) is 0 Å². The normalized spacial score (nSPS) is 10.9. The van der Waals surface area contributed by atoms with Crippen molar-refractivity contribution in [2.45, 2.75) is 13.8 Å². The van der Waals surface area contributed by atoms with Crippen molar-refractivity contribution < 1.29 is 19.8 Å². The lowest BCUT2D eigenvalue weighted by Crippen LogP contribution is -2.38. The highest BCUT2D eigenvalue weighted by Crippen LogP contribution is 2.25. The molecule has 1 rings (SSSR count). The maximum Gasteiger partial charge on any atom is 0.234 e. The van der Waals surface area contributed by atoms with Crippen molar-refractivity contribution >= 4 is 11.7 Å². The van der Waals surface area contributed by atoms with Crippen LogP contribution in [0.1, 0.15) is 24.2 Å². The molecule has 0 aliphatic rings. The number of nitrogens with zero attached hydrogens (tertiary/aromatic N) is 1. The Bertz CT molecular complexity index is 514. The van der Waals surface area contributed by atoms with Crippen molar-refractivity contribution in [3.8, 4) is 11.5 Å². The van der Waals surface area contributed by atoms with Gasteiger partial charge < -0.3 is 15.5 Å². The van der Waals surface area contributed by atoms with E-state index < -0.39 is 0 Å². The van der Waals surface area contributed by atoms with Gasteiger partial charge >= 0.3 is 0 Å². The second kappa shape index (κ2) is 7.64. The molecule has 0 unspecified atom stereocenters. The predicted octanol–water partition coefficient (Wildman–Crippen LogP) is 0.984. The summed E-state index contributed by atoms with van der Waals surface area (Å²) in [7, 11) is 1.67. The molecule has 6 nitrogen and oxygen atoms in total. The molecule has 0 aromatic heterocycles. The first-order valence-corrected chi connectivity index (χ1v) is 6.80. The minimum Gasteiger partial charge on any atom is -0.504 e. The Hall–Kier alpha value is -2.08. The third-order valence-corrected chi connectivity index (χ3v) is 2.83. The third kappa shape index (κ3) is 5.83. The van der Waals surface area contributed by atoms with Crippen LogP contribution in [0, 0.1) is 5.92 Å². The number of likely N-dealkylation sites (N-methyl/N-ethyl adjacent to an activating group) is 1. The van der Waals surface area contributed by atoms with Crippen LogP contribution in [-0.2, 0) is 4.79 Å². The molecular weight excluding hydrogens is 272 g/mol. The van der Waals surface area contributed by atoms with E-state index in [2.05, 4.69) is 5.32 Å². The fraction of sp³-hybridized carbons (Fsp3) is 0.467. The first kappa shape index (κ1) is 17.0. The second-order valence-electron chi connectivity index (χ2n) is 5.50. The largest absolute Gasteiger partial charge is 0.504 e. The number of nitrogens with one attached hydrogen (secondary N) is 1. The zero-order valence-corrected chi connectivity index (χ0v) is 12.6. The molecule has 0 saturated carbocycles. The summed E-state index contributed by atoms with van der Waals surface area (Å²) in [5.41, 5.74) is 0.291. The quantitative estimate of drug-likeness (QED) is 0.515. The van der Waals surface area contributed by atoms with E-state index in [-0.39, 0.29) is 36.3 Å². The first-order valence-electron chi connectivity index (χ1n) is 6.80. The van der Waals surface area contributed by atoms with E-state index in [0.29, 0.717) is 18.0 Å². The number of phenolic OH excluding ortho intramolecular Hbond substituents is 2. The summed E-state index contributed by atoms with van der Waals surface area (Å²) < 4.78 is 0. The Morgan fingerprint density at radius 1 is 1.19 bits per heavy atom. The van der Waals surface area contributed by atoms with Crippen molar-refractivity contribution in [1.82, 2.24) is 10.2 Å². The number of phenols is 2. The van der Waals surface area contributed by atoms with E-state index in [1.54, 1.807) is 11.9 Å². The number of carbonyl (C=O) groups is 2. The lowest BCUT2D eigenvalue weighted by atomic mass is 10.1. The lowest BCUT2D eigenvalue weighted by Gasteiger charge is -2.16. The molecule has 21 heavy (non-hydrogen) atoms. The summed E-state index contributed by atoms with van der Waals surface area (Å²) in [4.78, 5) is 25.2. The highest BCUT2D eigenvalue weighted by atomic mass is 16.3. The molecule has 0 aliphatic carbocycles. The van der Waals surface area contributed by atoms with Crippen LogP contribution in [0.5, 0.6) is 11.5 Å². The average molecular weight is 294 g/mol. The molecule has 6 heteroatoms. The average Bonchev–Trinajstić information content (AvgIpc) is 2.39. The molecule has 1 amide bonds. The number of rotatable bonds is 7. The van der Waals surface area contributed by atoms with Gasteiger partial charge in [0.1, 0.15) is 0 Å². The van der Waals surface area contributed by atoms with Crippen LogP contribution in [0.4, 0.5) is 0 Å².